The van der Waals surface area contributed by atoms with Gasteiger partial charge in [-0.1, -0.05) is 18.5 Å². The van der Waals surface area contributed by atoms with Gasteiger partial charge in [-0.05, 0) is 24.6 Å². The maximum absolute atomic E-state index is 11.9. The highest BCUT2D eigenvalue weighted by atomic mass is 35.5. The van der Waals surface area contributed by atoms with Crippen LogP contribution in [-0.2, 0) is 4.74 Å². The summed E-state index contributed by atoms with van der Waals surface area (Å²) in [6, 6.07) is 5.25. The van der Waals surface area contributed by atoms with E-state index in [2.05, 4.69) is 10.6 Å². The number of aliphatic hydroxyl groups excluding tert-OH is 1. The van der Waals surface area contributed by atoms with Gasteiger partial charge >= 0.3 is 0 Å². The van der Waals surface area contributed by atoms with Crippen molar-refractivity contribution < 1.29 is 14.6 Å². The van der Waals surface area contributed by atoms with Crippen molar-refractivity contribution in [1.82, 2.24) is 5.32 Å². The number of anilines is 1. The monoisotopic (exact) mass is 312 g/mol. The fourth-order valence-electron chi connectivity index (χ4n) is 2.07. The summed E-state index contributed by atoms with van der Waals surface area (Å²) in [6.07, 6.45) is 0.883. The van der Waals surface area contributed by atoms with Crippen LogP contribution in [-0.4, -0.2) is 43.9 Å². The third-order valence-electron chi connectivity index (χ3n) is 3.57. The first-order valence-electron chi connectivity index (χ1n) is 7.10. The van der Waals surface area contributed by atoms with Gasteiger partial charge in [-0.15, -0.1) is 0 Å². The van der Waals surface area contributed by atoms with Gasteiger partial charge in [-0.3, -0.25) is 4.79 Å². The number of hydrogen-bond donors (Lipinski definition) is 3. The number of carbonyl (C=O) groups excluding carboxylic acids is 1. The van der Waals surface area contributed by atoms with Crippen molar-refractivity contribution in [1.29, 1.82) is 0 Å². The molecule has 1 aliphatic heterocycles. The largest absolute Gasteiger partial charge is 0.396 e. The van der Waals surface area contributed by atoms with Gasteiger partial charge in [0.15, 0.2) is 0 Å². The molecule has 21 heavy (non-hydrogen) atoms. The Hall–Kier alpha value is -1.30. The summed E-state index contributed by atoms with van der Waals surface area (Å²) in [6.45, 7) is 4.44. The molecule has 1 amide bonds. The molecule has 5 nitrogen and oxygen atoms in total. The van der Waals surface area contributed by atoms with E-state index in [4.69, 9.17) is 16.3 Å². The van der Waals surface area contributed by atoms with E-state index in [9.17, 15) is 9.90 Å². The van der Waals surface area contributed by atoms with Crippen molar-refractivity contribution in [2.75, 3.05) is 38.2 Å². The Morgan fingerprint density at radius 2 is 2.24 bits per heavy atom. The SMILES string of the molecule is CCCNC(=O)c1ccc(NCC2(CO)COC2)cc1Cl. The van der Waals surface area contributed by atoms with Crippen molar-refractivity contribution in [3.8, 4) is 0 Å². The Labute approximate surface area is 129 Å². The first kappa shape index (κ1) is 16.1. The Morgan fingerprint density at radius 3 is 2.76 bits per heavy atom. The Balaban J connectivity index is 1.97. The highest BCUT2D eigenvalue weighted by Gasteiger charge is 2.37. The fourth-order valence-corrected chi connectivity index (χ4v) is 2.34. The van der Waals surface area contributed by atoms with Crippen molar-refractivity contribution in [2.45, 2.75) is 13.3 Å². The number of rotatable bonds is 7. The zero-order chi connectivity index (χ0) is 15.3. The third kappa shape index (κ3) is 3.87. The van der Waals surface area contributed by atoms with Crippen LogP contribution < -0.4 is 10.6 Å². The molecule has 0 unspecified atom stereocenters. The lowest BCUT2D eigenvalue weighted by molar-refractivity contribution is -0.128. The van der Waals surface area contributed by atoms with E-state index < -0.39 is 0 Å². The maximum atomic E-state index is 11.9. The fraction of sp³-hybridized carbons (Fsp3) is 0.533. The second-order valence-corrected chi connectivity index (χ2v) is 5.86. The molecule has 1 saturated heterocycles. The summed E-state index contributed by atoms with van der Waals surface area (Å²) >= 11 is 6.16. The summed E-state index contributed by atoms with van der Waals surface area (Å²) in [5.74, 6) is -0.160. The van der Waals surface area contributed by atoms with Crippen molar-refractivity contribution in [3.05, 3.63) is 28.8 Å². The van der Waals surface area contributed by atoms with E-state index in [-0.39, 0.29) is 17.9 Å². The highest BCUT2D eigenvalue weighted by molar-refractivity contribution is 6.34. The summed E-state index contributed by atoms with van der Waals surface area (Å²) in [4.78, 5) is 11.9. The number of aliphatic hydroxyl groups is 1. The Morgan fingerprint density at radius 1 is 1.48 bits per heavy atom. The molecule has 1 fully saturated rings. The second-order valence-electron chi connectivity index (χ2n) is 5.45. The van der Waals surface area contributed by atoms with E-state index in [0.29, 0.717) is 36.9 Å². The molecule has 6 heteroatoms. The predicted octanol–water partition coefficient (Wildman–Crippen LogP) is 1.90. The number of carbonyl (C=O) groups is 1. The van der Waals surface area contributed by atoms with E-state index in [1.54, 1.807) is 12.1 Å². The lowest BCUT2D eigenvalue weighted by atomic mass is 9.87. The van der Waals surface area contributed by atoms with Crippen LogP contribution in [0.15, 0.2) is 18.2 Å². The van der Waals surface area contributed by atoms with Gasteiger partial charge in [-0.25, -0.2) is 0 Å². The van der Waals surface area contributed by atoms with E-state index in [1.807, 2.05) is 13.0 Å². The number of halogens is 1. The van der Waals surface area contributed by atoms with Crippen LogP contribution in [0, 0.1) is 5.41 Å². The molecule has 0 radical (unpaired) electrons. The quantitative estimate of drug-likeness (QED) is 0.719. The normalized spacial score (nSPS) is 16.1. The smallest absolute Gasteiger partial charge is 0.252 e. The van der Waals surface area contributed by atoms with Crippen LogP contribution >= 0.6 is 11.6 Å². The van der Waals surface area contributed by atoms with Gasteiger partial charge in [0.1, 0.15) is 0 Å². The third-order valence-corrected chi connectivity index (χ3v) is 3.88. The van der Waals surface area contributed by atoms with Crippen LogP contribution in [0.2, 0.25) is 5.02 Å². The lowest BCUT2D eigenvalue weighted by Crippen LogP contribution is -2.50. The first-order valence-corrected chi connectivity index (χ1v) is 7.48. The van der Waals surface area contributed by atoms with Gasteiger partial charge < -0.3 is 20.5 Å². The molecule has 1 heterocycles. The molecule has 0 atom stereocenters. The van der Waals surface area contributed by atoms with E-state index in [1.165, 1.54) is 0 Å². The minimum Gasteiger partial charge on any atom is -0.396 e. The topological polar surface area (TPSA) is 70.6 Å². The summed E-state index contributed by atoms with van der Waals surface area (Å²) in [5.41, 5.74) is 1.09. The minimum absolute atomic E-state index is 0.0885. The lowest BCUT2D eigenvalue weighted by Gasteiger charge is -2.40. The zero-order valence-electron chi connectivity index (χ0n) is 12.1. The van der Waals surface area contributed by atoms with E-state index >= 15 is 0 Å². The number of nitrogens with one attached hydrogen (secondary N) is 2. The average Bonchev–Trinajstić information content (AvgIpc) is 2.44. The van der Waals surface area contributed by atoms with Crippen LogP contribution in [0.1, 0.15) is 23.7 Å². The van der Waals surface area contributed by atoms with Gasteiger partial charge in [0.2, 0.25) is 0 Å². The van der Waals surface area contributed by atoms with Crippen LogP contribution in [0.5, 0.6) is 0 Å². The molecule has 0 spiro atoms. The molecule has 1 aromatic carbocycles. The van der Waals surface area contributed by atoms with Gasteiger partial charge in [-0.2, -0.15) is 0 Å². The molecule has 0 bridgehead atoms. The van der Waals surface area contributed by atoms with Gasteiger partial charge in [0, 0.05) is 18.8 Å². The Kier molecular flexibility index (Phi) is 5.45. The molecule has 0 aliphatic carbocycles. The predicted molar refractivity (Wildman–Crippen MR) is 82.9 cm³/mol. The number of amides is 1. The minimum atomic E-state index is -0.205. The molecule has 1 aromatic rings. The summed E-state index contributed by atoms with van der Waals surface area (Å²) in [5, 5.41) is 15.8. The molecule has 0 aromatic heterocycles. The molecule has 1 aliphatic rings. The highest BCUT2D eigenvalue weighted by Crippen LogP contribution is 2.28. The number of ether oxygens (including phenoxy) is 1. The molecule has 116 valence electrons. The number of hydrogen-bond acceptors (Lipinski definition) is 4. The van der Waals surface area contributed by atoms with Crippen LogP contribution in [0.25, 0.3) is 0 Å². The average molecular weight is 313 g/mol. The van der Waals surface area contributed by atoms with Crippen molar-refractivity contribution in [2.24, 2.45) is 5.41 Å². The molecule has 2 rings (SSSR count). The van der Waals surface area contributed by atoms with Crippen molar-refractivity contribution in [3.63, 3.8) is 0 Å². The second kappa shape index (κ2) is 7.11. The Bertz CT molecular complexity index is 498. The maximum Gasteiger partial charge on any atom is 0.252 e. The zero-order valence-corrected chi connectivity index (χ0v) is 12.9. The molecule has 0 saturated carbocycles. The summed E-state index contributed by atoms with van der Waals surface area (Å²) < 4.78 is 5.15. The van der Waals surface area contributed by atoms with Gasteiger partial charge in [0.05, 0.1) is 35.8 Å². The standard InChI is InChI=1S/C15H21ClN2O3/c1-2-5-17-14(20)12-4-3-11(6-13(12)16)18-7-15(8-19)9-21-10-15/h3-4,6,18-19H,2,5,7-10H2,1H3,(H,17,20). The van der Waals surface area contributed by atoms with Gasteiger partial charge in [0.25, 0.3) is 5.91 Å². The van der Waals surface area contributed by atoms with Crippen molar-refractivity contribution >= 4 is 23.2 Å². The number of benzene rings is 1. The van der Waals surface area contributed by atoms with Crippen LogP contribution in [0.4, 0.5) is 5.69 Å². The molecule has 3 N–H and O–H groups in total. The van der Waals surface area contributed by atoms with E-state index in [0.717, 1.165) is 12.1 Å². The first-order chi connectivity index (χ1) is 10.1. The summed E-state index contributed by atoms with van der Waals surface area (Å²) in [7, 11) is 0. The van der Waals surface area contributed by atoms with Crippen LogP contribution in [0.3, 0.4) is 0 Å². The molecular formula is C15H21ClN2O3. The molecular weight excluding hydrogens is 292 g/mol.